The second-order valence-corrected chi connectivity index (χ2v) is 9.11. The molecule has 196 valence electrons. The molecule has 0 saturated heterocycles. The highest BCUT2D eigenvalue weighted by Crippen LogP contribution is 2.42. The molecule has 34 heavy (non-hydrogen) atoms. The van der Waals surface area contributed by atoms with Crippen LogP contribution in [-0.2, 0) is 23.1 Å². The molecule has 0 aromatic rings. The number of phosphoric ester groups is 1. The van der Waals surface area contributed by atoms with Crippen LogP contribution in [0.2, 0.25) is 0 Å². The largest absolute Gasteiger partial charge is 0.472 e. The third kappa shape index (κ3) is 22.3. The monoisotopic (exact) mass is 501 g/mol. The van der Waals surface area contributed by atoms with E-state index < -0.39 is 33.1 Å². The Morgan fingerprint density at radius 3 is 2.00 bits per heavy atom. The van der Waals surface area contributed by atoms with Gasteiger partial charge in [-0.15, -0.1) is 0 Å². The van der Waals surface area contributed by atoms with Crippen LogP contribution in [0.4, 0.5) is 0 Å². The van der Waals surface area contributed by atoms with Gasteiger partial charge in [0.15, 0.2) is 0 Å². The van der Waals surface area contributed by atoms with Gasteiger partial charge >= 0.3 is 13.8 Å². The van der Waals surface area contributed by atoms with E-state index in [4.69, 9.17) is 15.0 Å². The molecule has 9 heteroatoms. The number of hydrogen-bond acceptors (Lipinski definition) is 7. The van der Waals surface area contributed by atoms with Gasteiger partial charge in [-0.25, -0.2) is 4.57 Å². The van der Waals surface area contributed by atoms with Crippen LogP contribution in [0.25, 0.3) is 0 Å². The molecule has 0 aliphatic carbocycles. The minimum Gasteiger partial charge on any atom is -0.457 e. The third-order valence-electron chi connectivity index (χ3n) is 4.51. The molecule has 0 aliphatic heterocycles. The maximum absolute atomic E-state index is 11.9. The first-order valence-corrected chi connectivity index (χ1v) is 13.7. The van der Waals surface area contributed by atoms with E-state index in [2.05, 4.69) is 54.0 Å². The molecule has 0 aromatic heterocycles. The van der Waals surface area contributed by atoms with Crippen LogP contribution in [0.1, 0.15) is 71.1 Å². The summed E-state index contributed by atoms with van der Waals surface area (Å²) in [5.41, 5.74) is 5.19. The van der Waals surface area contributed by atoms with Gasteiger partial charge in [0.05, 0.1) is 19.8 Å². The molecule has 0 rings (SSSR count). The summed E-state index contributed by atoms with van der Waals surface area (Å²) in [6.45, 7) is 1.16. The van der Waals surface area contributed by atoms with Gasteiger partial charge in [0.2, 0.25) is 0 Å². The fourth-order valence-corrected chi connectivity index (χ4v) is 3.44. The van der Waals surface area contributed by atoms with Crippen LogP contribution in [0.3, 0.4) is 0 Å². The lowest BCUT2D eigenvalue weighted by atomic mass is 10.2. The first-order chi connectivity index (χ1) is 16.4. The summed E-state index contributed by atoms with van der Waals surface area (Å²) in [5, 5.41) is 9.25. The van der Waals surface area contributed by atoms with Crippen molar-refractivity contribution < 1.29 is 33.1 Å². The van der Waals surface area contributed by atoms with Crippen molar-refractivity contribution >= 4 is 13.8 Å². The lowest BCUT2D eigenvalue weighted by molar-refractivity contribution is -0.153. The summed E-state index contributed by atoms with van der Waals surface area (Å²) in [4.78, 5) is 21.3. The summed E-state index contributed by atoms with van der Waals surface area (Å²) < 4.78 is 25.9. The molecule has 2 atom stereocenters. The zero-order valence-electron chi connectivity index (χ0n) is 20.6. The van der Waals surface area contributed by atoms with Crippen molar-refractivity contribution in [2.75, 3.05) is 26.4 Å². The van der Waals surface area contributed by atoms with E-state index in [1.165, 1.54) is 25.7 Å². The van der Waals surface area contributed by atoms with Crippen LogP contribution in [0.15, 0.2) is 48.6 Å². The van der Waals surface area contributed by atoms with E-state index >= 15 is 0 Å². The highest BCUT2D eigenvalue weighted by Gasteiger charge is 2.24. The Balaban J connectivity index is 3.82. The van der Waals surface area contributed by atoms with Gasteiger partial charge in [0, 0.05) is 13.0 Å². The highest BCUT2D eigenvalue weighted by molar-refractivity contribution is 7.47. The zero-order valence-corrected chi connectivity index (χ0v) is 21.5. The molecule has 0 radical (unpaired) electrons. The number of carbonyl (C=O) groups excluding carboxylic acids is 1. The Morgan fingerprint density at radius 1 is 0.912 bits per heavy atom. The van der Waals surface area contributed by atoms with Crippen molar-refractivity contribution in [2.45, 2.75) is 77.2 Å². The van der Waals surface area contributed by atoms with Crippen LogP contribution in [0.5, 0.6) is 0 Å². The van der Waals surface area contributed by atoms with Gasteiger partial charge in [0.1, 0.15) is 6.10 Å². The molecule has 0 saturated carbocycles. The number of esters is 1. The molecule has 0 bridgehead atoms. The maximum atomic E-state index is 11.9. The molecule has 0 heterocycles. The van der Waals surface area contributed by atoms with Crippen molar-refractivity contribution in [3.63, 3.8) is 0 Å². The van der Waals surface area contributed by atoms with Gasteiger partial charge in [-0.3, -0.25) is 13.8 Å². The minimum atomic E-state index is -4.28. The minimum absolute atomic E-state index is 0.0613. The Kier molecular flexibility index (Phi) is 22.2. The normalized spacial score (nSPS) is 15.1. The van der Waals surface area contributed by atoms with Gasteiger partial charge in [0.25, 0.3) is 0 Å². The molecule has 1 unspecified atom stereocenters. The van der Waals surface area contributed by atoms with Crippen molar-refractivity contribution in [3.05, 3.63) is 48.6 Å². The summed E-state index contributed by atoms with van der Waals surface area (Å²) in [6, 6.07) is 0. The summed E-state index contributed by atoms with van der Waals surface area (Å²) in [6.07, 6.45) is 25.4. The van der Waals surface area contributed by atoms with E-state index in [1.54, 1.807) is 0 Å². The predicted molar refractivity (Wildman–Crippen MR) is 136 cm³/mol. The number of nitrogens with two attached hydrogens (primary N) is 1. The maximum Gasteiger partial charge on any atom is 0.472 e. The molecular weight excluding hydrogens is 457 g/mol. The molecule has 0 aliphatic rings. The van der Waals surface area contributed by atoms with Crippen LogP contribution in [-0.4, -0.2) is 48.4 Å². The SMILES string of the molecule is CCCCC/C=C\C/C=C\C/C=C\C/C=C\CCCC(=O)O[C@@H](CO)COP(=O)(O)OCCN. The summed E-state index contributed by atoms with van der Waals surface area (Å²) >= 11 is 0. The van der Waals surface area contributed by atoms with Crippen molar-refractivity contribution in [2.24, 2.45) is 5.73 Å². The van der Waals surface area contributed by atoms with E-state index in [1.807, 2.05) is 6.08 Å². The van der Waals surface area contributed by atoms with E-state index in [0.717, 1.165) is 25.7 Å². The van der Waals surface area contributed by atoms with Gasteiger partial charge in [-0.1, -0.05) is 68.4 Å². The standard InChI is InChI=1S/C25H44NO7P/c1-2-3-4-5-6-7-8-9-10-11-12-13-14-15-16-17-18-19-25(28)33-24(22-27)23-32-34(29,30)31-21-20-26/h6-7,9-10,12-13,15-16,24,27H,2-5,8,11,14,17-23,26H2,1H3,(H,29,30)/b7-6-,10-9-,13-12-,16-15-/t24-/m0/s1. The lowest BCUT2D eigenvalue weighted by Gasteiger charge is -2.17. The van der Waals surface area contributed by atoms with Crippen molar-refractivity contribution in [1.29, 1.82) is 0 Å². The van der Waals surface area contributed by atoms with Gasteiger partial charge < -0.3 is 20.5 Å². The first-order valence-electron chi connectivity index (χ1n) is 12.2. The predicted octanol–water partition coefficient (Wildman–Crippen LogP) is 5.13. The van der Waals surface area contributed by atoms with E-state index in [9.17, 15) is 19.4 Å². The molecular formula is C25H44NO7P. The van der Waals surface area contributed by atoms with Crippen LogP contribution in [0, 0.1) is 0 Å². The Labute approximate surface area is 205 Å². The number of allylic oxidation sites excluding steroid dienone is 8. The van der Waals surface area contributed by atoms with E-state index in [0.29, 0.717) is 6.42 Å². The second-order valence-electron chi connectivity index (χ2n) is 7.66. The molecule has 0 aromatic carbocycles. The molecule has 8 nitrogen and oxygen atoms in total. The van der Waals surface area contributed by atoms with Crippen LogP contribution < -0.4 is 5.73 Å². The Bertz CT molecular complexity index is 662. The number of hydrogen-bond donors (Lipinski definition) is 3. The number of rotatable bonds is 22. The first kappa shape index (κ1) is 32.5. The van der Waals surface area contributed by atoms with Gasteiger partial charge in [-0.05, 0) is 44.9 Å². The molecule has 0 spiro atoms. The smallest absolute Gasteiger partial charge is 0.457 e. The molecule has 0 fully saturated rings. The highest BCUT2D eigenvalue weighted by atomic mass is 31.2. The van der Waals surface area contributed by atoms with Crippen molar-refractivity contribution in [3.8, 4) is 0 Å². The lowest BCUT2D eigenvalue weighted by Crippen LogP contribution is -2.27. The van der Waals surface area contributed by atoms with E-state index in [-0.39, 0.29) is 19.6 Å². The fourth-order valence-electron chi connectivity index (χ4n) is 2.68. The second kappa shape index (κ2) is 23.2. The van der Waals surface area contributed by atoms with Gasteiger partial charge in [-0.2, -0.15) is 0 Å². The number of aliphatic hydroxyl groups is 1. The quantitative estimate of drug-likeness (QED) is 0.0806. The zero-order chi connectivity index (χ0) is 25.3. The average Bonchev–Trinajstić information content (AvgIpc) is 2.82. The fraction of sp³-hybridized carbons (Fsp3) is 0.640. The molecule has 4 N–H and O–H groups in total. The summed E-state index contributed by atoms with van der Waals surface area (Å²) in [5.74, 6) is -0.505. The number of ether oxygens (including phenoxy) is 1. The Morgan fingerprint density at radius 2 is 1.47 bits per heavy atom. The molecule has 0 amide bonds. The number of aliphatic hydroxyl groups excluding tert-OH is 1. The number of carbonyl (C=O) groups is 1. The van der Waals surface area contributed by atoms with Crippen molar-refractivity contribution in [1.82, 2.24) is 0 Å². The average molecular weight is 502 g/mol. The third-order valence-corrected chi connectivity index (χ3v) is 5.49. The topological polar surface area (TPSA) is 128 Å². The Hall–Kier alpha value is -1.54. The summed E-state index contributed by atoms with van der Waals surface area (Å²) in [7, 11) is -4.28. The van der Waals surface area contributed by atoms with Crippen LogP contribution >= 0.6 is 7.82 Å². The number of unbranched alkanes of at least 4 members (excludes halogenated alkanes) is 4. The number of phosphoric acid groups is 1.